The van der Waals surface area contributed by atoms with Gasteiger partial charge in [0.1, 0.15) is 0 Å². The van der Waals surface area contributed by atoms with E-state index in [1.807, 2.05) is 24.3 Å². The molecule has 3 N–H and O–H groups in total. The summed E-state index contributed by atoms with van der Waals surface area (Å²) >= 11 is 0. The summed E-state index contributed by atoms with van der Waals surface area (Å²) in [5, 5.41) is 7.60. The van der Waals surface area contributed by atoms with Crippen LogP contribution in [0.1, 0.15) is 17.2 Å². The van der Waals surface area contributed by atoms with Crippen molar-refractivity contribution in [2.45, 2.75) is 12.5 Å². The van der Waals surface area contributed by atoms with Crippen molar-refractivity contribution in [1.29, 1.82) is 0 Å². The Balaban J connectivity index is 2.13. The first-order valence-electron chi connectivity index (χ1n) is 5.17. The third kappa shape index (κ3) is 2.62. The van der Waals surface area contributed by atoms with Gasteiger partial charge < -0.3 is 0 Å². The summed E-state index contributed by atoms with van der Waals surface area (Å²) in [6.45, 7) is 0. The average molecular weight is 214 g/mol. The van der Waals surface area contributed by atoms with Crippen LogP contribution in [0.25, 0.3) is 0 Å². The number of rotatable bonds is 4. The van der Waals surface area contributed by atoms with E-state index in [1.165, 1.54) is 5.56 Å². The van der Waals surface area contributed by atoms with Crippen LogP contribution in [0.5, 0.6) is 0 Å². The number of aromatic nitrogens is 2. The van der Waals surface area contributed by atoms with E-state index >= 15 is 0 Å². The van der Waals surface area contributed by atoms with E-state index in [4.69, 9.17) is 5.84 Å². The van der Waals surface area contributed by atoms with Crippen LogP contribution in [0.4, 0.5) is 0 Å². The van der Waals surface area contributed by atoms with Crippen LogP contribution in [-0.2, 0) is 6.42 Å². The minimum absolute atomic E-state index is 0.0675. The molecule has 1 atom stereocenters. The third-order valence-corrected chi connectivity index (χ3v) is 2.49. The Morgan fingerprint density at radius 3 is 2.56 bits per heavy atom. The van der Waals surface area contributed by atoms with E-state index in [0.29, 0.717) is 0 Å². The maximum atomic E-state index is 5.55. The van der Waals surface area contributed by atoms with Gasteiger partial charge in [-0.3, -0.25) is 11.3 Å². The number of nitrogens with two attached hydrogens (primary N) is 1. The highest BCUT2D eigenvalue weighted by atomic mass is 15.2. The fraction of sp³-hybridized carbons (Fsp3) is 0.167. The molecule has 16 heavy (non-hydrogen) atoms. The van der Waals surface area contributed by atoms with E-state index in [0.717, 1.165) is 12.0 Å². The molecule has 0 aliphatic heterocycles. The van der Waals surface area contributed by atoms with Crippen molar-refractivity contribution in [2.75, 3.05) is 0 Å². The molecular formula is C12H14N4. The lowest BCUT2D eigenvalue weighted by Gasteiger charge is -2.15. The van der Waals surface area contributed by atoms with Crippen molar-refractivity contribution in [1.82, 2.24) is 15.6 Å². The largest absolute Gasteiger partial charge is 0.271 e. The van der Waals surface area contributed by atoms with Crippen LogP contribution in [0, 0.1) is 0 Å². The number of hydrogen-bond donors (Lipinski definition) is 2. The van der Waals surface area contributed by atoms with Crippen LogP contribution in [0.2, 0.25) is 0 Å². The summed E-state index contributed by atoms with van der Waals surface area (Å²) in [6, 6.07) is 12.2. The predicted molar refractivity (Wildman–Crippen MR) is 62.2 cm³/mol. The second-order valence-electron chi connectivity index (χ2n) is 3.58. The molecule has 0 aliphatic rings. The molecule has 0 aliphatic carbocycles. The Bertz CT molecular complexity index is 416. The molecule has 0 saturated heterocycles. The molecule has 1 unspecified atom stereocenters. The fourth-order valence-electron chi connectivity index (χ4n) is 1.63. The summed E-state index contributed by atoms with van der Waals surface area (Å²) in [6.07, 6.45) is 4.24. The first-order chi connectivity index (χ1) is 7.90. The Labute approximate surface area is 94.5 Å². The zero-order valence-electron chi connectivity index (χ0n) is 8.88. The first-order valence-corrected chi connectivity index (χ1v) is 5.17. The van der Waals surface area contributed by atoms with Crippen molar-refractivity contribution in [3.8, 4) is 0 Å². The normalized spacial score (nSPS) is 12.3. The Hall–Kier alpha value is -1.78. The highest BCUT2D eigenvalue weighted by molar-refractivity contribution is 5.20. The summed E-state index contributed by atoms with van der Waals surface area (Å²) in [4.78, 5) is 0. The zero-order valence-corrected chi connectivity index (χ0v) is 8.88. The highest BCUT2D eigenvalue weighted by Gasteiger charge is 2.10. The average Bonchev–Trinajstić information content (AvgIpc) is 2.38. The molecule has 0 saturated carbocycles. The molecule has 4 nitrogen and oxygen atoms in total. The van der Waals surface area contributed by atoms with E-state index in [1.54, 1.807) is 12.4 Å². The predicted octanol–water partition coefficient (Wildman–Crippen LogP) is 1.22. The van der Waals surface area contributed by atoms with E-state index in [-0.39, 0.29) is 6.04 Å². The van der Waals surface area contributed by atoms with Gasteiger partial charge in [-0.15, -0.1) is 0 Å². The molecule has 0 fully saturated rings. The van der Waals surface area contributed by atoms with Gasteiger partial charge in [-0.2, -0.15) is 10.2 Å². The molecule has 2 rings (SSSR count). The molecule has 1 aromatic carbocycles. The van der Waals surface area contributed by atoms with Crippen LogP contribution in [-0.4, -0.2) is 10.2 Å². The molecule has 1 heterocycles. The van der Waals surface area contributed by atoms with Crippen LogP contribution in [0.15, 0.2) is 48.8 Å². The summed E-state index contributed by atoms with van der Waals surface area (Å²) in [7, 11) is 0. The fourth-order valence-corrected chi connectivity index (χ4v) is 1.63. The Kier molecular flexibility index (Phi) is 3.58. The monoisotopic (exact) mass is 214 g/mol. The van der Waals surface area contributed by atoms with Gasteiger partial charge in [0.15, 0.2) is 0 Å². The van der Waals surface area contributed by atoms with Gasteiger partial charge >= 0.3 is 0 Å². The number of nitrogens with one attached hydrogen (secondary N) is 1. The second-order valence-corrected chi connectivity index (χ2v) is 3.58. The maximum Gasteiger partial charge on any atom is 0.0544 e. The number of benzene rings is 1. The number of hydrazine groups is 1. The van der Waals surface area contributed by atoms with Gasteiger partial charge in [0.05, 0.1) is 12.2 Å². The van der Waals surface area contributed by atoms with Gasteiger partial charge in [0.2, 0.25) is 0 Å². The van der Waals surface area contributed by atoms with Gasteiger partial charge in [-0.1, -0.05) is 30.3 Å². The van der Waals surface area contributed by atoms with Crippen molar-refractivity contribution < 1.29 is 0 Å². The highest BCUT2D eigenvalue weighted by Crippen LogP contribution is 2.15. The van der Waals surface area contributed by atoms with Crippen LogP contribution < -0.4 is 11.3 Å². The van der Waals surface area contributed by atoms with E-state index in [9.17, 15) is 0 Å². The summed E-state index contributed by atoms with van der Waals surface area (Å²) in [5.41, 5.74) is 5.08. The quantitative estimate of drug-likeness (QED) is 0.593. The van der Waals surface area contributed by atoms with Crippen molar-refractivity contribution >= 4 is 0 Å². The van der Waals surface area contributed by atoms with Gasteiger partial charge in [-0.25, -0.2) is 0 Å². The molecule has 82 valence electrons. The lowest BCUT2D eigenvalue weighted by atomic mass is 10.0. The summed E-state index contributed by atoms with van der Waals surface area (Å²) < 4.78 is 0. The zero-order chi connectivity index (χ0) is 11.2. The Morgan fingerprint density at radius 1 is 1.12 bits per heavy atom. The van der Waals surface area contributed by atoms with Gasteiger partial charge in [0.25, 0.3) is 0 Å². The maximum absolute atomic E-state index is 5.55. The molecule has 0 amide bonds. The lowest BCUT2D eigenvalue weighted by molar-refractivity contribution is 0.548. The molecule has 0 radical (unpaired) electrons. The van der Waals surface area contributed by atoms with Crippen molar-refractivity contribution in [3.05, 3.63) is 59.9 Å². The van der Waals surface area contributed by atoms with Crippen molar-refractivity contribution in [2.24, 2.45) is 5.84 Å². The number of hydrogen-bond acceptors (Lipinski definition) is 4. The SMILES string of the molecule is NNC(Cc1ccccc1)c1ccnnc1. The molecule has 2 aromatic rings. The van der Waals surface area contributed by atoms with Crippen LogP contribution >= 0.6 is 0 Å². The molecule has 0 bridgehead atoms. The van der Waals surface area contributed by atoms with Gasteiger partial charge in [0, 0.05) is 6.20 Å². The van der Waals surface area contributed by atoms with Crippen molar-refractivity contribution in [3.63, 3.8) is 0 Å². The Morgan fingerprint density at radius 2 is 1.94 bits per heavy atom. The summed E-state index contributed by atoms with van der Waals surface area (Å²) in [5.74, 6) is 5.55. The van der Waals surface area contributed by atoms with Crippen LogP contribution in [0.3, 0.4) is 0 Å². The molecule has 4 heteroatoms. The first kappa shape index (κ1) is 10.7. The second kappa shape index (κ2) is 5.34. The standard InChI is InChI=1S/C12H14N4/c13-16-12(11-6-7-14-15-9-11)8-10-4-2-1-3-5-10/h1-7,9,12,16H,8,13H2. The van der Waals surface area contributed by atoms with Gasteiger partial charge in [-0.05, 0) is 23.6 Å². The lowest BCUT2D eigenvalue weighted by Crippen LogP contribution is -2.29. The van der Waals surface area contributed by atoms with E-state index < -0.39 is 0 Å². The topological polar surface area (TPSA) is 63.8 Å². The molecular weight excluding hydrogens is 200 g/mol. The minimum Gasteiger partial charge on any atom is -0.271 e. The number of nitrogens with zero attached hydrogens (tertiary/aromatic N) is 2. The molecule has 1 aromatic heterocycles. The smallest absolute Gasteiger partial charge is 0.0544 e. The molecule has 0 spiro atoms. The third-order valence-electron chi connectivity index (χ3n) is 2.49. The van der Waals surface area contributed by atoms with E-state index in [2.05, 4.69) is 27.8 Å². The minimum atomic E-state index is 0.0675.